The summed E-state index contributed by atoms with van der Waals surface area (Å²) in [5.41, 5.74) is 1.99. The van der Waals surface area contributed by atoms with E-state index in [9.17, 15) is 9.59 Å². The summed E-state index contributed by atoms with van der Waals surface area (Å²) < 4.78 is 4.95. The van der Waals surface area contributed by atoms with Gasteiger partial charge < -0.3 is 10.1 Å². The number of H-pyrrole nitrogens is 1. The van der Waals surface area contributed by atoms with E-state index in [1.807, 2.05) is 12.1 Å². The molecule has 6 heteroatoms. The summed E-state index contributed by atoms with van der Waals surface area (Å²) in [5, 5.41) is 9.15. The van der Waals surface area contributed by atoms with Crippen LogP contribution in [0.3, 0.4) is 0 Å². The molecule has 110 valence electrons. The molecule has 1 unspecified atom stereocenters. The molecule has 0 aliphatic heterocycles. The third-order valence-electron chi connectivity index (χ3n) is 2.99. The van der Waals surface area contributed by atoms with Crippen molar-refractivity contribution in [1.82, 2.24) is 10.2 Å². The van der Waals surface area contributed by atoms with Crippen LogP contribution in [0.1, 0.15) is 6.92 Å². The summed E-state index contributed by atoms with van der Waals surface area (Å²) in [4.78, 5) is 22.8. The van der Waals surface area contributed by atoms with Gasteiger partial charge in [0.25, 0.3) is 5.56 Å². The van der Waals surface area contributed by atoms with Crippen molar-refractivity contribution in [3.8, 4) is 11.3 Å². The minimum absolute atomic E-state index is 0.0910. The molecule has 0 saturated heterocycles. The fraction of sp³-hybridized carbons (Fsp3) is 0.267. The highest BCUT2D eigenvalue weighted by atomic mass is 16.5. The van der Waals surface area contributed by atoms with Crippen LogP contribution in [0.2, 0.25) is 0 Å². The summed E-state index contributed by atoms with van der Waals surface area (Å²) in [6.07, 6.45) is 0. The van der Waals surface area contributed by atoms with E-state index in [-0.39, 0.29) is 17.4 Å². The van der Waals surface area contributed by atoms with Crippen molar-refractivity contribution in [1.29, 1.82) is 0 Å². The molecule has 0 spiro atoms. The minimum Gasteiger partial charge on any atom is -0.384 e. The summed E-state index contributed by atoms with van der Waals surface area (Å²) >= 11 is 0. The smallest absolute Gasteiger partial charge is 0.264 e. The van der Waals surface area contributed by atoms with Gasteiger partial charge in [-0.15, -0.1) is 0 Å². The van der Waals surface area contributed by atoms with Crippen LogP contribution in [0.15, 0.2) is 41.2 Å². The average Bonchev–Trinajstić information content (AvgIpc) is 2.49. The number of aromatic nitrogens is 2. The van der Waals surface area contributed by atoms with Crippen molar-refractivity contribution >= 4 is 11.6 Å². The third kappa shape index (κ3) is 4.00. The Hall–Kier alpha value is -2.47. The lowest BCUT2D eigenvalue weighted by Gasteiger charge is -2.11. The summed E-state index contributed by atoms with van der Waals surface area (Å²) in [5.74, 6) is -0.303. The molecule has 21 heavy (non-hydrogen) atoms. The number of hydrogen-bond acceptors (Lipinski definition) is 4. The molecule has 1 aromatic heterocycles. The van der Waals surface area contributed by atoms with Crippen molar-refractivity contribution < 1.29 is 9.53 Å². The molecular weight excluding hydrogens is 270 g/mol. The highest BCUT2D eigenvalue weighted by Crippen LogP contribution is 2.18. The molecule has 1 aromatic carbocycles. The van der Waals surface area contributed by atoms with Crippen LogP contribution >= 0.6 is 0 Å². The van der Waals surface area contributed by atoms with Crippen molar-refractivity contribution in [2.24, 2.45) is 5.92 Å². The lowest BCUT2D eigenvalue weighted by molar-refractivity contribution is -0.120. The number of carbonyl (C=O) groups is 1. The molecule has 0 saturated carbocycles. The first kappa shape index (κ1) is 14.9. The normalized spacial score (nSPS) is 11.9. The van der Waals surface area contributed by atoms with Crippen LogP contribution in [-0.4, -0.2) is 29.8 Å². The number of rotatable bonds is 5. The minimum atomic E-state index is -0.241. The number of anilines is 1. The van der Waals surface area contributed by atoms with Crippen molar-refractivity contribution in [3.05, 3.63) is 46.8 Å². The Morgan fingerprint density at radius 2 is 2.00 bits per heavy atom. The van der Waals surface area contributed by atoms with E-state index < -0.39 is 0 Å². The van der Waals surface area contributed by atoms with E-state index >= 15 is 0 Å². The number of nitrogens with zero attached hydrogens (tertiary/aromatic N) is 1. The monoisotopic (exact) mass is 287 g/mol. The molecule has 0 fully saturated rings. The van der Waals surface area contributed by atoms with E-state index in [0.29, 0.717) is 18.0 Å². The fourth-order valence-corrected chi connectivity index (χ4v) is 1.82. The first-order valence-electron chi connectivity index (χ1n) is 6.56. The molecule has 1 amide bonds. The Kier molecular flexibility index (Phi) is 4.84. The number of nitrogens with one attached hydrogen (secondary N) is 2. The second-order valence-corrected chi connectivity index (χ2v) is 4.73. The third-order valence-corrected chi connectivity index (χ3v) is 2.99. The number of carbonyl (C=O) groups excluding carboxylic acids is 1. The van der Waals surface area contributed by atoms with Crippen LogP contribution in [0.5, 0.6) is 0 Å². The van der Waals surface area contributed by atoms with E-state index in [4.69, 9.17) is 4.74 Å². The maximum absolute atomic E-state index is 11.9. The summed E-state index contributed by atoms with van der Waals surface area (Å²) in [7, 11) is 1.57. The lowest BCUT2D eigenvalue weighted by Crippen LogP contribution is -2.23. The molecule has 0 aliphatic carbocycles. The number of aromatic amines is 1. The Morgan fingerprint density at radius 1 is 1.29 bits per heavy atom. The Morgan fingerprint density at radius 3 is 2.57 bits per heavy atom. The van der Waals surface area contributed by atoms with Gasteiger partial charge in [-0.05, 0) is 18.2 Å². The van der Waals surface area contributed by atoms with Crippen LogP contribution < -0.4 is 10.9 Å². The molecule has 1 atom stereocenters. The first-order valence-corrected chi connectivity index (χ1v) is 6.56. The Labute approximate surface area is 122 Å². The van der Waals surface area contributed by atoms with Gasteiger partial charge in [-0.1, -0.05) is 19.1 Å². The van der Waals surface area contributed by atoms with Crippen molar-refractivity contribution in [3.63, 3.8) is 0 Å². The van der Waals surface area contributed by atoms with E-state index in [1.165, 1.54) is 6.07 Å². The predicted molar refractivity (Wildman–Crippen MR) is 80.0 cm³/mol. The van der Waals surface area contributed by atoms with Crippen molar-refractivity contribution in [2.45, 2.75) is 6.92 Å². The number of benzene rings is 1. The topological polar surface area (TPSA) is 84.1 Å². The number of methoxy groups -OCH3 is 1. The molecular formula is C15H17N3O3. The lowest BCUT2D eigenvalue weighted by atomic mass is 10.1. The molecule has 6 nitrogen and oxygen atoms in total. The zero-order chi connectivity index (χ0) is 15.2. The van der Waals surface area contributed by atoms with E-state index in [2.05, 4.69) is 15.5 Å². The molecule has 1 heterocycles. The second-order valence-electron chi connectivity index (χ2n) is 4.73. The van der Waals surface area contributed by atoms with E-state index in [1.54, 1.807) is 32.2 Å². The molecule has 0 radical (unpaired) electrons. The van der Waals surface area contributed by atoms with Gasteiger partial charge >= 0.3 is 0 Å². The van der Waals surface area contributed by atoms with Gasteiger partial charge in [0.2, 0.25) is 5.91 Å². The number of hydrogen-bond donors (Lipinski definition) is 2. The highest BCUT2D eigenvalue weighted by molar-refractivity contribution is 5.92. The molecule has 0 bridgehead atoms. The van der Waals surface area contributed by atoms with Gasteiger partial charge in [0.15, 0.2) is 0 Å². The van der Waals surface area contributed by atoms with Gasteiger partial charge in [0, 0.05) is 24.4 Å². The second kappa shape index (κ2) is 6.81. The van der Waals surface area contributed by atoms with Crippen LogP contribution in [0, 0.1) is 5.92 Å². The van der Waals surface area contributed by atoms with Gasteiger partial charge in [-0.25, -0.2) is 5.10 Å². The van der Waals surface area contributed by atoms with Gasteiger partial charge in [0.1, 0.15) is 0 Å². The Balaban J connectivity index is 2.07. The number of ether oxygens (including phenoxy) is 1. The van der Waals surface area contributed by atoms with Crippen molar-refractivity contribution in [2.75, 3.05) is 19.0 Å². The average molecular weight is 287 g/mol. The number of amides is 1. The highest BCUT2D eigenvalue weighted by Gasteiger charge is 2.12. The SMILES string of the molecule is COCC(C)C(=O)Nc1ccc(-c2ccc(=O)[nH]n2)cc1. The van der Waals surface area contributed by atoms with E-state index in [0.717, 1.165) is 5.56 Å². The van der Waals surface area contributed by atoms with Gasteiger partial charge in [-0.2, -0.15) is 5.10 Å². The zero-order valence-electron chi connectivity index (χ0n) is 11.9. The zero-order valence-corrected chi connectivity index (χ0v) is 11.9. The largest absolute Gasteiger partial charge is 0.384 e. The molecule has 2 rings (SSSR count). The van der Waals surface area contributed by atoms with Crippen LogP contribution in [-0.2, 0) is 9.53 Å². The van der Waals surface area contributed by atoms with Crippen LogP contribution in [0.4, 0.5) is 5.69 Å². The van der Waals surface area contributed by atoms with Gasteiger partial charge in [0.05, 0.1) is 18.2 Å². The first-order chi connectivity index (χ1) is 10.1. The van der Waals surface area contributed by atoms with Gasteiger partial charge in [-0.3, -0.25) is 9.59 Å². The standard InChI is InChI=1S/C15H17N3O3/c1-10(9-21-2)15(20)16-12-5-3-11(4-6-12)13-7-8-14(19)18-17-13/h3-8,10H,9H2,1-2H3,(H,16,20)(H,18,19). The summed E-state index contributed by atoms with van der Waals surface area (Å²) in [6.45, 7) is 2.18. The maximum atomic E-state index is 11.9. The quantitative estimate of drug-likeness (QED) is 0.876. The molecule has 2 N–H and O–H groups in total. The maximum Gasteiger partial charge on any atom is 0.264 e. The summed E-state index contributed by atoms with van der Waals surface area (Å²) in [6, 6.07) is 10.3. The molecule has 2 aromatic rings. The van der Waals surface area contributed by atoms with Crippen LogP contribution in [0.25, 0.3) is 11.3 Å². The predicted octanol–water partition coefficient (Wildman–Crippen LogP) is 1.66. The fourth-order valence-electron chi connectivity index (χ4n) is 1.82. The Bertz CT molecular complexity index is 644. The molecule has 0 aliphatic rings.